The summed E-state index contributed by atoms with van der Waals surface area (Å²) in [7, 11) is 6.56. The number of likely N-dealkylation sites (N-methyl/N-ethyl adjacent to an activating group) is 1. The Morgan fingerprint density at radius 2 is 1.82 bits per heavy atom. The van der Waals surface area contributed by atoms with Crippen LogP contribution in [0.4, 0.5) is 0 Å². The highest BCUT2D eigenvalue weighted by Gasteiger charge is 1.94. The van der Waals surface area contributed by atoms with Crippen LogP contribution in [0.2, 0.25) is 0 Å². The molecule has 0 aliphatic rings. The van der Waals surface area contributed by atoms with Crippen molar-refractivity contribution in [2.75, 3.05) is 34.7 Å². The summed E-state index contributed by atoms with van der Waals surface area (Å²) in [4.78, 5) is 2.02. The molecule has 0 N–H and O–H groups in total. The molecule has 0 fully saturated rings. The maximum atomic E-state index is 11.1. The average molecular weight is 176 g/mol. The molecule has 3 nitrogen and oxygen atoms in total. The van der Waals surface area contributed by atoms with E-state index in [0.29, 0.717) is 0 Å². The minimum absolute atomic E-state index is 0.833. The molecule has 0 rings (SSSR count). The summed E-state index contributed by atoms with van der Waals surface area (Å²) in [6, 6.07) is 0. The van der Waals surface area contributed by atoms with Crippen LogP contribution in [0.25, 0.3) is 0 Å². The van der Waals surface area contributed by atoms with Gasteiger partial charge >= 0.3 is 0 Å². The number of hydrogen-bond acceptors (Lipinski definition) is 2. The summed E-state index contributed by atoms with van der Waals surface area (Å²) in [6.45, 7) is 0.833. The summed E-state index contributed by atoms with van der Waals surface area (Å²) in [5, 5.41) is 1.69. The minimum Gasteiger partial charge on any atom is -0.306 e. The summed E-state index contributed by atoms with van der Waals surface area (Å²) < 4.78 is 12.7. The maximum Gasteiger partial charge on any atom is 0.119 e. The zero-order valence-electron chi connectivity index (χ0n) is 7.57. The number of nitrogens with zero attached hydrogens (tertiary/aromatic N) is 2. The van der Waals surface area contributed by atoms with Crippen LogP contribution in [0.1, 0.15) is 0 Å². The van der Waals surface area contributed by atoms with Gasteiger partial charge in [0.2, 0.25) is 0 Å². The molecule has 0 aromatic heterocycles. The van der Waals surface area contributed by atoms with Crippen molar-refractivity contribution >= 4 is 11.0 Å². The first-order chi connectivity index (χ1) is 5.04. The Labute approximate surface area is 71.3 Å². The van der Waals surface area contributed by atoms with Gasteiger partial charge in [0, 0.05) is 12.0 Å². The van der Waals surface area contributed by atoms with E-state index in [4.69, 9.17) is 0 Å². The van der Waals surface area contributed by atoms with Gasteiger partial charge in [0.15, 0.2) is 0 Å². The third-order valence-corrected chi connectivity index (χ3v) is 2.19. The molecule has 0 saturated heterocycles. The molecule has 0 aromatic rings. The summed E-state index contributed by atoms with van der Waals surface area (Å²) in [5.41, 5.74) is 0. The van der Waals surface area contributed by atoms with E-state index >= 15 is 0 Å². The van der Waals surface area contributed by atoms with Crippen LogP contribution in [0.15, 0.2) is 11.5 Å². The van der Waals surface area contributed by atoms with Crippen LogP contribution in [-0.2, 0) is 11.0 Å². The molecule has 0 spiro atoms. The standard InChI is InChI=1S/C7H16N2OS/c1-8(2)6-5-7-11(10)9(3)4/h5,7H,6H2,1-4H3/b7-5+. The minimum atomic E-state index is -0.962. The fourth-order valence-corrected chi connectivity index (χ4v) is 0.952. The normalized spacial score (nSPS) is 15.1. The van der Waals surface area contributed by atoms with Crippen LogP contribution in [0, 0.1) is 0 Å². The van der Waals surface area contributed by atoms with Crippen LogP contribution >= 0.6 is 0 Å². The Balaban J connectivity index is 3.66. The molecule has 0 amide bonds. The van der Waals surface area contributed by atoms with Gasteiger partial charge in [-0.3, -0.25) is 0 Å². The Kier molecular flexibility index (Phi) is 5.36. The first-order valence-electron chi connectivity index (χ1n) is 3.43. The maximum absolute atomic E-state index is 11.1. The van der Waals surface area contributed by atoms with E-state index in [1.807, 2.05) is 25.1 Å². The quantitative estimate of drug-likeness (QED) is 0.614. The summed E-state index contributed by atoms with van der Waals surface area (Å²) in [6.07, 6.45) is 1.90. The van der Waals surface area contributed by atoms with Gasteiger partial charge in [-0.25, -0.2) is 8.51 Å². The molecule has 0 aliphatic heterocycles. The molecule has 11 heavy (non-hydrogen) atoms. The van der Waals surface area contributed by atoms with Gasteiger partial charge in [-0.2, -0.15) is 0 Å². The van der Waals surface area contributed by atoms with Crippen LogP contribution in [0.3, 0.4) is 0 Å². The molecule has 1 unspecified atom stereocenters. The second-order valence-electron chi connectivity index (χ2n) is 2.72. The van der Waals surface area contributed by atoms with Crippen LogP contribution in [-0.4, -0.2) is 48.1 Å². The second kappa shape index (κ2) is 5.46. The van der Waals surface area contributed by atoms with Crippen LogP contribution < -0.4 is 0 Å². The Morgan fingerprint density at radius 3 is 2.18 bits per heavy atom. The van der Waals surface area contributed by atoms with Gasteiger partial charge in [-0.1, -0.05) is 6.08 Å². The van der Waals surface area contributed by atoms with Gasteiger partial charge in [0.25, 0.3) is 0 Å². The van der Waals surface area contributed by atoms with Crippen molar-refractivity contribution in [2.45, 2.75) is 0 Å². The monoisotopic (exact) mass is 176 g/mol. The second-order valence-corrected chi connectivity index (χ2v) is 4.28. The average Bonchev–Trinajstić information content (AvgIpc) is 1.86. The number of hydrogen-bond donors (Lipinski definition) is 0. The molecule has 1 atom stereocenters. The lowest BCUT2D eigenvalue weighted by Crippen LogP contribution is -2.14. The molecule has 0 radical (unpaired) electrons. The molecule has 4 heteroatoms. The first kappa shape index (κ1) is 10.8. The Hall–Kier alpha value is -0.190. The summed E-state index contributed by atoms with van der Waals surface area (Å²) >= 11 is 0. The van der Waals surface area contributed by atoms with E-state index in [-0.39, 0.29) is 0 Å². The van der Waals surface area contributed by atoms with Crippen molar-refractivity contribution in [2.24, 2.45) is 0 Å². The number of rotatable bonds is 4. The highest BCUT2D eigenvalue weighted by Crippen LogP contribution is 1.88. The fourth-order valence-electron chi connectivity index (χ4n) is 0.458. The zero-order chi connectivity index (χ0) is 8.85. The lowest BCUT2D eigenvalue weighted by Gasteiger charge is -2.06. The van der Waals surface area contributed by atoms with E-state index in [9.17, 15) is 4.21 Å². The van der Waals surface area contributed by atoms with E-state index in [2.05, 4.69) is 0 Å². The van der Waals surface area contributed by atoms with E-state index in [0.717, 1.165) is 6.54 Å². The lowest BCUT2D eigenvalue weighted by atomic mass is 10.6. The molecule has 0 aliphatic carbocycles. The Bertz CT molecular complexity index is 155. The molecular formula is C7H16N2OS. The molecule has 66 valence electrons. The summed E-state index contributed by atoms with van der Waals surface area (Å²) in [5.74, 6) is 0. The fraction of sp³-hybridized carbons (Fsp3) is 0.714. The molecular weight excluding hydrogens is 160 g/mol. The highest BCUT2D eigenvalue weighted by atomic mass is 32.2. The molecule has 0 heterocycles. The van der Waals surface area contributed by atoms with Crippen molar-refractivity contribution in [3.05, 3.63) is 11.5 Å². The van der Waals surface area contributed by atoms with Gasteiger partial charge in [0.1, 0.15) is 11.0 Å². The molecule has 0 aromatic carbocycles. The Morgan fingerprint density at radius 1 is 1.27 bits per heavy atom. The van der Waals surface area contributed by atoms with Crippen molar-refractivity contribution in [3.8, 4) is 0 Å². The third kappa shape index (κ3) is 6.22. The van der Waals surface area contributed by atoms with Gasteiger partial charge in [0.05, 0.1) is 0 Å². The van der Waals surface area contributed by atoms with Crippen molar-refractivity contribution in [1.82, 2.24) is 9.21 Å². The molecule has 0 saturated carbocycles. The highest BCUT2D eigenvalue weighted by molar-refractivity contribution is 7.85. The van der Waals surface area contributed by atoms with E-state index < -0.39 is 11.0 Å². The lowest BCUT2D eigenvalue weighted by molar-refractivity contribution is 0.456. The van der Waals surface area contributed by atoms with Crippen molar-refractivity contribution < 1.29 is 4.21 Å². The van der Waals surface area contributed by atoms with Crippen molar-refractivity contribution in [1.29, 1.82) is 0 Å². The first-order valence-corrected chi connectivity index (χ1v) is 4.60. The van der Waals surface area contributed by atoms with E-state index in [1.54, 1.807) is 23.8 Å². The topological polar surface area (TPSA) is 23.6 Å². The predicted octanol–water partition coefficient (Wildman–Crippen LogP) is 0.287. The van der Waals surface area contributed by atoms with Gasteiger partial charge < -0.3 is 4.90 Å². The van der Waals surface area contributed by atoms with Gasteiger partial charge in [-0.15, -0.1) is 0 Å². The third-order valence-electron chi connectivity index (χ3n) is 1.04. The van der Waals surface area contributed by atoms with Crippen molar-refractivity contribution in [3.63, 3.8) is 0 Å². The molecule has 0 bridgehead atoms. The smallest absolute Gasteiger partial charge is 0.119 e. The van der Waals surface area contributed by atoms with E-state index in [1.165, 1.54) is 0 Å². The SMILES string of the molecule is CN(C)C/C=C/S(=O)N(C)C. The predicted molar refractivity (Wildman–Crippen MR) is 49.5 cm³/mol. The largest absolute Gasteiger partial charge is 0.306 e. The van der Waals surface area contributed by atoms with Crippen LogP contribution in [0.5, 0.6) is 0 Å². The van der Waals surface area contributed by atoms with Gasteiger partial charge in [-0.05, 0) is 28.2 Å². The zero-order valence-corrected chi connectivity index (χ0v) is 8.39.